The number of rotatable bonds is 5. The SMILES string of the molecule is c1cc(-c2ccccc2N(c2ccc3oc4ccccc4c3c2)c2ccc3c4ccccc4c4ccccc4c3c2)cc(-c2cccc3ccccc23)c1. The Morgan fingerprint density at radius 2 is 0.796 bits per heavy atom. The molecule has 0 aliphatic carbocycles. The van der Waals surface area contributed by atoms with Crippen LogP contribution in [0.4, 0.5) is 17.1 Å². The number of fused-ring (bicyclic) bond motifs is 10. The Balaban J connectivity index is 1.16. The molecule has 2 heteroatoms. The zero-order valence-corrected chi connectivity index (χ0v) is 29.4. The van der Waals surface area contributed by atoms with E-state index in [2.05, 4.69) is 193 Å². The number of nitrogens with zero attached hydrogens (tertiary/aromatic N) is 1. The van der Waals surface area contributed by atoms with Crippen molar-refractivity contribution < 1.29 is 4.42 Å². The van der Waals surface area contributed by atoms with Gasteiger partial charge in [-0.25, -0.2) is 0 Å². The zero-order chi connectivity index (χ0) is 35.6. The first-order valence-corrected chi connectivity index (χ1v) is 18.5. The summed E-state index contributed by atoms with van der Waals surface area (Å²) in [6, 6.07) is 72.4. The van der Waals surface area contributed by atoms with Crippen LogP contribution >= 0.6 is 0 Å². The predicted molar refractivity (Wildman–Crippen MR) is 229 cm³/mol. The van der Waals surface area contributed by atoms with Gasteiger partial charge in [-0.1, -0.05) is 152 Å². The zero-order valence-electron chi connectivity index (χ0n) is 29.4. The molecule has 1 heterocycles. The molecular weight excluding hydrogens is 655 g/mol. The quantitative estimate of drug-likeness (QED) is 0.168. The molecule has 0 saturated carbocycles. The van der Waals surface area contributed by atoms with Crippen LogP contribution < -0.4 is 4.90 Å². The fraction of sp³-hybridized carbons (Fsp3) is 0. The summed E-state index contributed by atoms with van der Waals surface area (Å²) in [5.74, 6) is 0. The number of benzene rings is 10. The van der Waals surface area contributed by atoms with Gasteiger partial charge in [-0.05, 0) is 108 Å². The van der Waals surface area contributed by atoms with Gasteiger partial charge in [-0.15, -0.1) is 0 Å². The van der Waals surface area contributed by atoms with Crippen LogP contribution in [0.3, 0.4) is 0 Å². The van der Waals surface area contributed by atoms with Crippen LogP contribution in [0.15, 0.2) is 205 Å². The van der Waals surface area contributed by atoms with Crippen molar-refractivity contribution in [1.29, 1.82) is 0 Å². The van der Waals surface area contributed by atoms with Crippen molar-refractivity contribution >= 4 is 82.1 Å². The number of hydrogen-bond donors (Lipinski definition) is 0. The third-order valence-electron chi connectivity index (χ3n) is 11.0. The molecule has 2 nitrogen and oxygen atoms in total. The highest BCUT2D eigenvalue weighted by molar-refractivity contribution is 6.26. The minimum absolute atomic E-state index is 0.881. The first kappa shape index (κ1) is 30.5. The molecule has 10 aromatic carbocycles. The van der Waals surface area contributed by atoms with Crippen LogP contribution in [0.1, 0.15) is 0 Å². The fourth-order valence-electron chi connectivity index (χ4n) is 8.56. The maximum Gasteiger partial charge on any atom is 0.135 e. The van der Waals surface area contributed by atoms with Gasteiger partial charge in [0, 0.05) is 27.7 Å². The summed E-state index contributed by atoms with van der Waals surface area (Å²) in [7, 11) is 0. The number of hydrogen-bond acceptors (Lipinski definition) is 2. The van der Waals surface area contributed by atoms with Crippen LogP contribution in [-0.4, -0.2) is 0 Å². The molecule has 0 atom stereocenters. The lowest BCUT2D eigenvalue weighted by Gasteiger charge is -2.28. The van der Waals surface area contributed by atoms with Gasteiger partial charge in [0.2, 0.25) is 0 Å². The lowest BCUT2D eigenvalue weighted by molar-refractivity contribution is 0.669. The second kappa shape index (κ2) is 12.2. The summed E-state index contributed by atoms with van der Waals surface area (Å²) >= 11 is 0. The van der Waals surface area contributed by atoms with E-state index in [9.17, 15) is 0 Å². The molecule has 0 fully saturated rings. The summed E-state index contributed by atoms with van der Waals surface area (Å²) in [4.78, 5) is 2.42. The third kappa shape index (κ3) is 4.81. The van der Waals surface area contributed by atoms with E-state index in [0.717, 1.165) is 50.1 Å². The van der Waals surface area contributed by atoms with Crippen LogP contribution in [0.2, 0.25) is 0 Å². The molecule has 0 bridgehead atoms. The van der Waals surface area contributed by atoms with Crippen molar-refractivity contribution in [2.45, 2.75) is 0 Å². The number of furan rings is 1. The molecule has 0 amide bonds. The van der Waals surface area contributed by atoms with Gasteiger partial charge in [0.05, 0.1) is 5.69 Å². The van der Waals surface area contributed by atoms with Crippen molar-refractivity contribution in [3.8, 4) is 22.3 Å². The second-order valence-electron chi connectivity index (χ2n) is 14.1. The monoisotopic (exact) mass is 687 g/mol. The standard InChI is InChI=1S/C52H33NO/c1-2-17-39-34(13-1)14-12-24-40(39)35-15-11-16-36(31-35)41-18-7-9-25-50(41)53(38-28-30-52-49(33-38)47-23-8-10-26-51(47)54-52)37-27-29-46-44-21-4-3-19-42(44)43-20-5-6-22-45(43)48(46)32-37/h1-33H. The highest BCUT2D eigenvalue weighted by Crippen LogP contribution is 2.45. The van der Waals surface area contributed by atoms with E-state index in [1.54, 1.807) is 0 Å². The molecular formula is C52H33NO. The largest absolute Gasteiger partial charge is 0.456 e. The summed E-state index contributed by atoms with van der Waals surface area (Å²) in [6.45, 7) is 0. The Labute approximate surface area is 312 Å². The van der Waals surface area contributed by atoms with Crippen molar-refractivity contribution in [3.05, 3.63) is 200 Å². The lowest BCUT2D eigenvalue weighted by atomic mass is 9.93. The molecule has 0 aliphatic rings. The van der Waals surface area contributed by atoms with E-state index in [1.807, 2.05) is 12.1 Å². The average molecular weight is 688 g/mol. The van der Waals surface area contributed by atoms with Gasteiger partial charge in [-0.3, -0.25) is 0 Å². The van der Waals surface area contributed by atoms with Gasteiger partial charge in [0.15, 0.2) is 0 Å². The van der Waals surface area contributed by atoms with Crippen LogP contribution in [0.5, 0.6) is 0 Å². The normalized spacial score (nSPS) is 11.7. The minimum Gasteiger partial charge on any atom is -0.456 e. The van der Waals surface area contributed by atoms with Gasteiger partial charge >= 0.3 is 0 Å². The van der Waals surface area contributed by atoms with Crippen LogP contribution in [0.25, 0.3) is 87.3 Å². The van der Waals surface area contributed by atoms with Gasteiger partial charge in [-0.2, -0.15) is 0 Å². The van der Waals surface area contributed by atoms with Gasteiger partial charge in [0.25, 0.3) is 0 Å². The second-order valence-corrected chi connectivity index (χ2v) is 14.1. The fourth-order valence-corrected chi connectivity index (χ4v) is 8.56. The van der Waals surface area contributed by atoms with E-state index in [-0.39, 0.29) is 0 Å². The molecule has 1 aromatic heterocycles. The Morgan fingerprint density at radius 1 is 0.296 bits per heavy atom. The number of anilines is 3. The first-order valence-electron chi connectivity index (χ1n) is 18.5. The van der Waals surface area contributed by atoms with E-state index < -0.39 is 0 Å². The Kier molecular flexibility index (Phi) is 6.90. The smallest absolute Gasteiger partial charge is 0.135 e. The van der Waals surface area contributed by atoms with Crippen molar-refractivity contribution in [2.75, 3.05) is 4.90 Å². The molecule has 54 heavy (non-hydrogen) atoms. The molecule has 0 N–H and O–H groups in total. The van der Waals surface area contributed by atoms with Crippen molar-refractivity contribution in [1.82, 2.24) is 0 Å². The first-order chi connectivity index (χ1) is 26.8. The molecule has 0 radical (unpaired) electrons. The molecule has 0 unspecified atom stereocenters. The summed E-state index contributed by atoms with van der Waals surface area (Å²) in [5.41, 5.74) is 9.77. The minimum atomic E-state index is 0.881. The average Bonchev–Trinajstić information content (AvgIpc) is 3.62. The third-order valence-corrected chi connectivity index (χ3v) is 11.0. The predicted octanol–water partition coefficient (Wildman–Crippen LogP) is 15.0. The van der Waals surface area contributed by atoms with E-state index in [1.165, 1.54) is 54.2 Å². The van der Waals surface area contributed by atoms with Crippen LogP contribution in [0, 0.1) is 0 Å². The van der Waals surface area contributed by atoms with E-state index in [4.69, 9.17) is 4.42 Å². The molecule has 11 aromatic rings. The molecule has 0 aliphatic heterocycles. The Bertz CT molecular complexity index is 3200. The molecule has 252 valence electrons. The van der Waals surface area contributed by atoms with Crippen molar-refractivity contribution in [2.24, 2.45) is 0 Å². The summed E-state index contributed by atoms with van der Waals surface area (Å²) in [6.07, 6.45) is 0. The Morgan fingerprint density at radius 3 is 1.57 bits per heavy atom. The maximum absolute atomic E-state index is 6.31. The van der Waals surface area contributed by atoms with Crippen molar-refractivity contribution in [3.63, 3.8) is 0 Å². The lowest BCUT2D eigenvalue weighted by Crippen LogP contribution is -2.11. The molecule has 11 rings (SSSR count). The highest BCUT2D eigenvalue weighted by atomic mass is 16.3. The Hall–Kier alpha value is -7.16. The highest BCUT2D eigenvalue weighted by Gasteiger charge is 2.20. The van der Waals surface area contributed by atoms with E-state index >= 15 is 0 Å². The van der Waals surface area contributed by atoms with Gasteiger partial charge in [0.1, 0.15) is 11.2 Å². The van der Waals surface area contributed by atoms with Crippen LogP contribution in [-0.2, 0) is 0 Å². The number of para-hydroxylation sites is 2. The van der Waals surface area contributed by atoms with Gasteiger partial charge < -0.3 is 9.32 Å². The van der Waals surface area contributed by atoms with E-state index in [0.29, 0.717) is 0 Å². The molecule has 0 spiro atoms. The molecule has 0 saturated heterocycles. The summed E-state index contributed by atoms with van der Waals surface area (Å²) in [5, 5.41) is 12.2. The maximum atomic E-state index is 6.31. The summed E-state index contributed by atoms with van der Waals surface area (Å²) < 4.78 is 6.31. The topological polar surface area (TPSA) is 16.4 Å².